The number of benzene rings is 2. The zero-order chi connectivity index (χ0) is 19.0. The minimum Gasteiger partial charge on any atom is -0.508 e. The topological polar surface area (TPSA) is 67.2 Å². The Labute approximate surface area is 158 Å². The molecule has 0 saturated heterocycles. The highest BCUT2D eigenvalue weighted by molar-refractivity contribution is 5.94. The molecule has 5 nitrogen and oxygen atoms in total. The number of nitrogens with one attached hydrogen (secondary N) is 1. The van der Waals surface area contributed by atoms with Crippen LogP contribution in [0.1, 0.15) is 48.4 Å². The molecular formula is C22H23N3O2. The molecule has 1 aromatic heterocycles. The average molecular weight is 361 g/mol. The molecule has 2 heterocycles. The quantitative estimate of drug-likeness (QED) is 0.733. The van der Waals surface area contributed by atoms with Gasteiger partial charge in [-0.3, -0.25) is 4.79 Å². The van der Waals surface area contributed by atoms with Crippen LogP contribution in [0.4, 0.5) is 5.82 Å². The molecule has 0 saturated carbocycles. The summed E-state index contributed by atoms with van der Waals surface area (Å²) in [7, 11) is 0. The second-order valence-corrected chi connectivity index (χ2v) is 6.93. The molecule has 0 radical (unpaired) electrons. The maximum atomic E-state index is 12.4. The monoisotopic (exact) mass is 361 g/mol. The fourth-order valence-electron chi connectivity index (χ4n) is 3.68. The molecule has 2 N–H and O–H groups in total. The molecule has 1 aliphatic heterocycles. The van der Waals surface area contributed by atoms with E-state index in [-0.39, 0.29) is 17.6 Å². The summed E-state index contributed by atoms with van der Waals surface area (Å²) in [5.41, 5.74) is 4.98. The fourth-order valence-corrected chi connectivity index (χ4v) is 3.68. The lowest BCUT2D eigenvalue weighted by Crippen LogP contribution is -2.24. The predicted octanol–water partition coefficient (Wildman–Crippen LogP) is 4.18. The Morgan fingerprint density at radius 3 is 2.59 bits per heavy atom. The Bertz CT molecular complexity index is 989. The van der Waals surface area contributed by atoms with Crippen LogP contribution in [0.2, 0.25) is 0 Å². The Kier molecular flexibility index (Phi) is 4.44. The molecule has 0 bridgehead atoms. The van der Waals surface area contributed by atoms with Gasteiger partial charge in [-0.05, 0) is 47.7 Å². The smallest absolute Gasteiger partial charge is 0.226 e. The molecule has 1 atom stereocenters. The van der Waals surface area contributed by atoms with Gasteiger partial charge in [0.2, 0.25) is 5.91 Å². The van der Waals surface area contributed by atoms with Gasteiger partial charge in [0.1, 0.15) is 11.6 Å². The van der Waals surface area contributed by atoms with Crippen LogP contribution >= 0.6 is 0 Å². The summed E-state index contributed by atoms with van der Waals surface area (Å²) in [4.78, 5) is 12.4. The van der Waals surface area contributed by atoms with E-state index in [9.17, 15) is 9.90 Å². The van der Waals surface area contributed by atoms with Gasteiger partial charge in [-0.1, -0.05) is 38.1 Å². The van der Waals surface area contributed by atoms with E-state index in [2.05, 4.69) is 29.5 Å². The first kappa shape index (κ1) is 17.3. The second kappa shape index (κ2) is 6.91. The van der Waals surface area contributed by atoms with Crippen molar-refractivity contribution in [2.75, 3.05) is 5.32 Å². The molecular weight excluding hydrogens is 338 g/mol. The van der Waals surface area contributed by atoms with Gasteiger partial charge in [0, 0.05) is 17.9 Å². The largest absolute Gasteiger partial charge is 0.508 e. The molecule has 5 heteroatoms. The van der Waals surface area contributed by atoms with Crippen molar-refractivity contribution in [3.05, 3.63) is 70.9 Å². The predicted molar refractivity (Wildman–Crippen MR) is 106 cm³/mol. The lowest BCUT2D eigenvalue weighted by molar-refractivity contribution is -0.116. The van der Waals surface area contributed by atoms with Gasteiger partial charge in [0.15, 0.2) is 0 Å². The van der Waals surface area contributed by atoms with Crippen LogP contribution in [0.15, 0.2) is 48.7 Å². The number of hydrogen-bond donors (Lipinski definition) is 2. The summed E-state index contributed by atoms with van der Waals surface area (Å²) in [6.07, 6.45) is 3.91. The molecule has 0 fully saturated rings. The first-order chi connectivity index (χ1) is 13.1. The number of phenolic OH excluding ortho intramolecular Hbond substituents is 1. The van der Waals surface area contributed by atoms with E-state index in [4.69, 9.17) is 0 Å². The minimum atomic E-state index is -0.116. The molecule has 4 rings (SSSR count). The number of carbonyl (C=O) groups excluding carboxylic acids is 1. The number of anilines is 1. The minimum absolute atomic E-state index is 0.0431. The summed E-state index contributed by atoms with van der Waals surface area (Å²) in [5.74, 6) is 0.831. The van der Waals surface area contributed by atoms with E-state index >= 15 is 0 Å². The number of aromatic nitrogens is 2. The lowest BCUT2D eigenvalue weighted by Gasteiger charge is -2.24. The van der Waals surface area contributed by atoms with E-state index in [0.717, 1.165) is 35.2 Å². The van der Waals surface area contributed by atoms with Crippen molar-refractivity contribution in [1.82, 2.24) is 9.78 Å². The standard InChI is InChI=1S/C22H23N3O2/c1-3-14-5-9-17(10-6-14)25-22-19(13-23-25)18(12-21(27)24-22)16-8-7-15(4-2)20(26)11-16/h5-11,13,18,26H,3-4,12H2,1-2H3,(H,24,27). The maximum Gasteiger partial charge on any atom is 0.226 e. The third-order valence-electron chi connectivity index (χ3n) is 5.30. The molecule has 0 spiro atoms. The first-order valence-corrected chi connectivity index (χ1v) is 9.39. The molecule has 0 aliphatic carbocycles. The molecule has 1 unspecified atom stereocenters. The summed E-state index contributed by atoms with van der Waals surface area (Å²) >= 11 is 0. The third-order valence-corrected chi connectivity index (χ3v) is 5.30. The van der Waals surface area contributed by atoms with Crippen molar-refractivity contribution in [3.8, 4) is 11.4 Å². The summed E-state index contributed by atoms with van der Waals surface area (Å²) in [6.45, 7) is 4.13. The van der Waals surface area contributed by atoms with Crippen molar-refractivity contribution in [2.24, 2.45) is 0 Å². The fraction of sp³-hybridized carbons (Fsp3) is 0.273. The van der Waals surface area contributed by atoms with Crippen LogP contribution in [-0.4, -0.2) is 20.8 Å². The second-order valence-electron chi connectivity index (χ2n) is 6.93. The highest BCUT2D eigenvalue weighted by Gasteiger charge is 2.30. The number of fused-ring (bicyclic) bond motifs is 1. The van der Waals surface area contributed by atoms with E-state index in [1.807, 2.05) is 37.4 Å². The highest BCUT2D eigenvalue weighted by atomic mass is 16.3. The number of amides is 1. The molecule has 3 aromatic rings. The number of nitrogens with zero attached hydrogens (tertiary/aromatic N) is 2. The van der Waals surface area contributed by atoms with Crippen molar-refractivity contribution in [3.63, 3.8) is 0 Å². The van der Waals surface area contributed by atoms with Gasteiger partial charge in [-0.2, -0.15) is 5.10 Å². The SMILES string of the molecule is CCc1ccc(-n2ncc3c2NC(=O)CC3c2ccc(CC)c(O)c2)cc1. The van der Waals surface area contributed by atoms with Gasteiger partial charge >= 0.3 is 0 Å². The van der Waals surface area contributed by atoms with E-state index in [1.165, 1.54) is 5.56 Å². The average Bonchev–Trinajstić information content (AvgIpc) is 3.11. The molecule has 1 amide bonds. The van der Waals surface area contributed by atoms with Crippen LogP contribution in [0, 0.1) is 0 Å². The van der Waals surface area contributed by atoms with Gasteiger partial charge in [0.25, 0.3) is 0 Å². The highest BCUT2D eigenvalue weighted by Crippen LogP contribution is 2.39. The maximum absolute atomic E-state index is 12.4. The van der Waals surface area contributed by atoms with Crippen molar-refractivity contribution in [1.29, 1.82) is 0 Å². The van der Waals surface area contributed by atoms with Gasteiger partial charge in [-0.25, -0.2) is 4.68 Å². The molecule has 2 aromatic carbocycles. The van der Waals surface area contributed by atoms with Gasteiger partial charge < -0.3 is 10.4 Å². The van der Waals surface area contributed by atoms with Crippen LogP contribution in [-0.2, 0) is 17.6 Å². The Morgan fingerprint density at radius 2 is 1.93 bits per heavy atom. The first-order valence-electron chi connectivity index (χ1n) is 9.39. The summed E-state index contributed by atoms with van der Waals surface area (Å²) in [6, 6.07) is 13.9. The molecule has 138 valence electrons. The molecule has 27 heavy (non-hydrogen) atoms. The van der Waals surface area contributed by atoms with Crippen LogP contribution in [0.3, 0.4) is 0 Å². The van der Waals surface area contributed by atoms with E-state index in [0.29, 0.717) is 12.2 Å². The van der Waals surface area contributed by atoms with Crippen LogP contribution in [0.5, 0.6) is 5.75 Å². The van der Waals surface area contributed by atoms with Gasteiger partial charge in [-0.15, -0.1) is 0 Å². The number of aromatic hydroxyl groups is 1. The number of phenols is 1. The number of aryl methyl sites for hydroxylation is 2. The van der Waals surface area contributed by atoms with E-state index < -0.39 is 0 Å². The normalized spacial score (nSPS) is 16.1. The third kappa shape index (κ3) is 3.10. The Morgan fingerprint density at radius 1 is 1.15 bits per heavy atom. The Balaban J connectivity index is 1.76. The van der Waals surface area contributed by atoms with Crippen LogP contribution < -0.4 is 5.32 Å². The Hall–Kier alpha value is -3.08. The summed E-state index contributed by atoms with van der Waals surface area (Å²) < 4.78 is 1.78. The number of hydrogen-bond acceptors (Lipinski definition) is 3. The van der Waals surface area contributed by atoms with Gasteiger partial charge in [0.05, 0.1) is 11.9 Å². The van der Waals surface area contributed by atoms with Crippen LogP contribution in [0.25, 0.3) is 5.69 Å². The zero-order valence-corrected chi connectivity index (χ0v) is 15.6. The number of carbonyl (C=O) groups is 1. The lowest BCUT2D eigenvalue weighted by atomic mass is 9.86. The van der Waals surface area contributed by atoms with Crippen molar-refractivity contribution in [2.45, 2.75) is 39.0 Å². The van der Waals surface area contributed by atoms with E-state index in [1.54, 1.807) is 10.7 Å². The number of rotatable bonds is 4. The van der Waals surface area contributed by atoms with Crippen molar-refractivity contribution < 1.29 is 9.90 Å². The van der Waals surface area contributed by atoms with Crippen molar-refractivity contribution >= 4 is 11.7 Å². The molecule has 1 aliphatic rings. The summed E-state index contributed by atoms with van der Waals surface area (Å²) in [5, 5.41) is 17.7. The zero-order valence-electron chi connectivity index (χ0n) is 15.6.